The molecule has 12 heavy (non-hydrogen) atoms. The van der Waals surface area contributed by atoms with Gasteiger partial charge in [0.1, 0.15) is 0 Å². The minimum Gasteiger partial charge on any atom is -0.0585 e. The highest BCUT2D eigenvalue weighted by Crippen LogP contribution is 2.32. The fourth-order valence-electron chi connectivity index (χ4n) is 2.58. The summed E-state index contributed by atoms with van der Waals surface area (Å²) in [5.74, 6) is 0. The summed E-state index contributed by atoms with van der Waals surface area (Å²) in [6, 6.07) is 1.05. The average Bonchev–Trinajstić information content (AvgIpc) is 2.80. The van der Waals surface area contributed by atoms with Gasteiger partial charge in [-0.1, -0.05) is 12.1 Å². The van der Waals surface area contributed by atoms with E-state index in [1.807, 2.05) is 0 Å². The predicted molar refractivity (Wildman–Crippen MR) is 50.5 cm³/mol. The van der Waals surface area contributed by atoms with Gasteiger partial charge in [0.2, 0.25) is 0 Å². The minimum atomic E-state index is 0.526. The summed E-state index contributed by atoms with van der Waals surface area (Å²) in [4.78, 5) is 0. The highest BCUT2D eigenvalue weighted by Gasteiger charge is 2.20. The highest BCUT2D eigenvalue weighted by atomic mass is 14.2. The highest BCUT2D eigenvalue weighted by molar-refractivity contribution is 5.45. The Hall–Kier alpha value is -0.780. The molecule has 0 saturated carbocycles. The lowest BCUT2D eigenvalue weighted by Crippen LogP contribution is -1.91. The van der Waals surface area contributed by atoms with Crippen LogP contribution in [0.4, 0.5) is 0 Å². The number of fused-ring (bicyclic) bond motifs is 3. The molecule has 0 spiro atoms. The first-order valence-corrected chi connectivity index (χ1v) is 4.91. The maximum atomic E-state index is 7.96. The van der Waals surface area contributed by atoms with Gasteiger partial charge in [-0.3, -0.25) is 0 Å². The summed E-state index contributed by atoms with van der Waals surface area (Å²) in [5, 5.41) is 0. The van der Waals surface area contributed by atoms with Crippen LogP contribution in [-0.4, -0.2) is 0 Å². The molecule has 0 bridgehead atoms. The number of hydrogen-bond acceptors (Lipinski definition) is 0. The molecule has 62 valence electrons. The molecule has 2 aliphatic rings. The molecule has 1 aromatic rings. The number of hydrogen-bond donors (Lipinski definition) is 0. The Balaban J connectivity index is 2.34. The summed E-state index contributed by atoms with van der Waals surface area (Å²) < 4.78 is 15.9. The van der Waals surface area contributed by atoms with Crippen LogP contribution in [0.5, 0.6) is 0 Å². The lowest BCUT2D eigenvalue weighted by Gasteiger charge is -2.05. The summed E-state index contributed by atoms with van der Waals surface area (Å²) >= 11 is 0. The third kappa shape index (κ3) is 0.782. The zero-order chi connectivity index (χ0) is 9.71. The van der Waals surface area contributed by atoms with Crippen molar-refractivity contribution in [3.63, 3.8) is 0 Å². The van der Waals surface area contributed by atoms with Gasteiger partial charge in [0, 0.05) is 0 Å². The molecule has 0 N–H and O–H groups in total. The monoisotopic (exact) mass is 160 g/mol. The molecule has 0 fully saturated rings. The van der Waals surface area contributed by atoms with Crippen LogP contribution in [0, 0.1) is 0 Å². The van der Waals surface area contributed by atoms with Gasteiger partial charge in [-0.25, -0.2) is 0 Å². The molecule has 0 heteroatoms. The first-order chi connectivity index (χ1) is 6.79. The summed E-state index contributed by atoms with van der Waals surface area (Å²) in [6.07, 6.45) is 6.77. The third-order valence-corrected chi connectivity index (χ3v) is 3.16. The Morgan fingerprint density at radius 3 is 1.83 bits per heavy atom. The van der Waals surface area contributed by atoms with Crippen molar-refractivity contribution in [1.82, 2.24) is 0 Å². The minimum absolute atomic E-state index is 0.526. The fourth-order valence-corrected chi connectivity index (χ4v) is 2.58. The molecule has 0 unspecified atom stereocenters. The zero-order valence-corrected chi connectivity index (χ0v) is 7.24. The lowest BCUT2D eigenvalue weighted by molar-refractivity contribution is 0.888. The largest absolute Gasteiger partial charge is 0.0626 e. The molecular weight excluding hydrogens is 144 g/mol. The van der Waals surface area contributed by atoms with Crippen LogP contribution in [0.2, 0.25) is 0 Å². The van der Waals surface area contributed by atoms with Gasteiger partial charge in [0.25, 0.3) is 0 Å². The van der Waals surface area contributed by atoms with E-state index in [0.717, 1.165) is 25.7 Å². The molecule has 2 aliphatic carbocycles. The van der Waals surface area contributed by atoms with E-state index in [-0.39, 0.29) is 0 Å². The van der Waals surface area contributed by atoms with E-state index in [4.69, 9.17) is 2.74 Å². The molecule has 0 radical (unpaired) electrons. The molecule has 0 nitrogen and oxygen atoms in total. The Labute approximate surface area is 76.4 Å². The lowest BCUT2D eigenvalue weighted by atomic mass is 10.00. The van der Waals surface area contributed by atoms with Crippen LogP contribution in [0.3, 0.4) is 0 Å². The Bertz CT molecular complexity index is 369. The van der Waals surface area contributed by atoms with E-state index in [1.165, 1.54) is 35.1 Å². The summed E-state index contributed by atoms with van der Waals surface area (Å²) in [7, 11) is 0. The van der Waals surface area contributed by atoms with E-state index in [1.54, 1.807) is 0 Å². The van der Waals surface area contributed by atoms with Gasteiger partial charge in [-0.2, -0.15) is 0 Å². The second-order valence-corrected chi connectivity index (χ2v) is 3.87. The van der Waals surface area contributed by atoms with Crippen molar-refractivity contribution < 1.29 is 2.74 Å². The number of rotatable bonds is 0. The van der Waals surface area contributed by atoms with Gasteiger partial charge >= 0.3 is 0 Å². The van der Waals surface area contributed by atoms with Crippen LogP contribution in [0.1, 0.15) is 37.8 Å². The first kappa shape index (κ1) is 5.06. The maximum absolute atomic E-state index is 7.96. The van der Waals surface area contributed by atoms with Gasteiger partial charge in [-0.05, 0) is 60.8 Å². The Morgan fingerprint density at radius 2 is 1.33 bits per heavy atom. The van der Waals surface area contributed by atoms with Crippen LogP contribution in [0.25, 0.3) is 0 Å². The van der Waals surface area contributed by atoms with E-state index in [0.29, 0.717) is 12.1 Å². The fraction of sp³-hybridized carbons (Fsp3) is 0.500. The quantitative estimate of drug-likeness (QED) is 0.547. The van der Waals surface area contributed by atoms with Crippen LogP contribution >= 0.6 is 0 Å². The average molecular weight is 160 g/mol. The van der Waals surface area contributed by atoms with Crippen molar-refractivity contribution in [3.05, 3.63) is 34.3 Å². The van der Waals surface area contributed by atoms with Gasteiger partial charge < -0.3 is 0 Å². The maximum Gasteiger partial charge on any atom is 0.0626 e. The van der Waals surface area contributed by atoms with Crippen molar-refractivity contribution in [1.29, 1.82) is 0 Å². The van der Waals surface area contributed by atoms with E-state index in [2.05, 4.69) is 0 Å². The normalized spacial score (nSPS) is 21.7. The first-order valence-electron chi connectivity index (χ1n) is 5.91. The van der Waals surface area contributed by atoms with Crippen LogP contribution in [0.15, 0.2) is 12.1 Å². The molecular formula is C12H14. The second kappa shape index (κ2) is 2.35. The van der Waals surface area contributed by atoms with Crippen molar-refractivity contribution in [3.8, 4) is 0 Å². The summed E-state index contributed by atoms with van der Waals surface area (Å²) in [5.41, 5.74) is 5.27. The SMILES string of the molecule is [2H]c1c([2H])c2c(c3c1CCC3)CCC2. The van der Waals surface area contributed by atoms with Gasteiger partial charge in [-0.15, -0.1) is 0 Å². The molecule has 0 atom stereocenters. The zero-order valence-electron chi connectivity index (χ0n) is 9.24. The summed E-state index contributed by atoms with van der Waals surface area (Å²) in [6.45, 7) is 0. The molecule has 0 aromatic heterocycles. The van der Waals surface area contributed by atoms with E-state index < -0.39 is 0 Å². The molecule has 3 rings (SSSR count). The Kier molecular flexibility index (Phi) is 0.991. The molecule has 1 aromatic carbocycles. The van der Waals surface area contributed by atoms with Crippen molar-refractivity contribution >= 4 is 0 Å². The second-order valence-electron chi connectivity index (χ2n) is 3.87. The van der Waals surface area contributed by atoms with Crippen LogP contribution < -0.4 is 0 Å². The smallest absolute Gasteiger partial charge is 0.0585 e. The topological polar surface area (TPSA) is 0 Å². The molecule has 0 aliphatic heterocycles. The van der Waals surface area contributed by atoms with E-state index in [9.17, 15) is 0 Å². The van der Waals surface area contributed by atoms with Crippen LogP contribution in [-0.2, 0) is 25.7 Å². The van der Waals surface area contributed by atoms with Crippen molar-refractivity contribution in [2.45, 2.75) is 38.5 Å². The third-order valence-electron chi connectivity index (χ3n) is 3.16. The van der Waals surface area contributed by atoms with Crippen molar-refractivity contribution in [2.75, 3.05) is 0 Å². The van der Waals surface area contributed by atoms with Crippen molar-refractivity contribution in [2.24, 2.45) is 0 Å². The molecule has 0 heterocycles. The number of benzene rings is 1. The Morgan fingerprint density at radius 1 is 0.833 bits per heavy atom. The molecule has 0 amide bonds. The predicted octanol–water partition coefficient (Wildman–Crippen LogP) is 2.66. The molecule has 0 saturated heterocycles. The van der Waals surface area contributed by atoms with Gasteiger partial charge in [0.15, 0.2) is 0 Å². The van der Waals surface area contributed by atoms with E-state index >= 15 is 0 Å². The van der Waals surface area contributed by atoms with Gasteiger partial charge in [0.05, 0.1) is 2.74 Å². The standard InChI is InChI=1S/C12H14/c1-3-9-7-8-10-4-2-6-12(10)11(9)5-1/h7-8H,1-6H2/i7D,8D.